The molecule has 1 aliphatic heterocycles. The number of ether oxygens (including phenoxy) is 1. The number of nitrogens with one attached hydrogen (secondary N) is 2. The lowest BCUT2D eigenvalue weighted by atomic mass is 10.0. The van der Waals surface area contributed by atoms with Crippen LogP contribution in [0, 0.1) is 0 Å². The highest BCUT2D eigenvalue weighted by Crippen LogP contribution is 2.24. The molecule has 0 bridgehead atoms. The smallest absolute Gasteiger partial charge is 0.191 e. The van der Waals surface area contributed by atoms with Crippen molar-refractivity contribution in [1.82, 2.24) is 20.4 Å². The Bertz CT molecular complexity index is 542. The van der Waals surface area contributed by atoms with Gasteiger partial charge in [0.25, 0.3) is 0 Å². The van der Waals surface area contributed by atoms with E-state index in [1.165, 1.54) is 5.56 Å². The minimum atomic E-state index is 0. The minimum Gasteiger partial charge on any atom is -0.383 e. The van der Waals surface area contributed by atoms with Crippen LogP contribution in [0.3, 0.4) is 0 Å². The number of methoxy groups -OCH3 is 1. The Labute approximate surface area is 181 Å². The summed E-state index contributed by atoms with van der Waals surface area (Å²) in [6.07, 6.45) is 1.09. The molecular weight excluding hydrogens is 453 g/mol. The average Bonchev–Trinajstić information content (AvgIpc) is 2.66. The average molecular weight is 489 g/mol. The molecule has 0 radical (unpaired) electrons. The molecule has 6 nitrogen and oxygen atoms in total. The molecular formula is C20H36IN5O. The molecule has 0 spiro atoms. The fourth-order valence-corrected chi connectivity index (χ4v) is 3.42. The summed E-state index contributed by atoms with van der Waals surface area (Å²) in [6, 6.07) is 11.6. The molecule has 1 aromatic rings. The first-order chi connectivity index (χ1) is 12.6. The number of piperazine rings is 1. The van der Waals surface area contributed by atoms with Crippen LogP contribution in [0.5, 0.6) is 0 Å². The second-order valence-electron chi connectivity index (χ2n) is 7.08. The highest BCUT2D eigenvalue weighted by Gasteiger charge is 2.25. The van der Waals surface area contributed by atoms with Gasteiger partial charge in [-0.25, -0.2) is 0 Å². The summed E-state index contributed by atoms with van der Waals surface area (Å²) in [4.78, 5) is 9.32. The van der Waals surface area contributed by atoms with E-state index in [1.54, 1.807) is 14.2 Å². The fourth-order valence-electron chi connectivity index (χ4n) is 3.42. The first-order valence-electron chi connectivity index (χ1n) is 9.57. The maximum atomic E-state index is 5.16. The summed E-state index contributed by atoms with van der Waals surface area (Å²) in [7, 11) is 5.74. The molecule has 0 saturated carbocycles. The number of likely N-dealkylation sites (N-methyl/N-ethyl adjacent to an activating group) is 1. The molecule has 1 fully saturated rings. The van der Waals surface area contributed by atoms with E-state index in [1.807, 2.05) is 0 Å². The van der Waals surface area contributed by atoms with E-state index in [0.29, 0.717) is 12.6 Å². The Kier molecular flexibility index (Phi) is 11.9. The molecule has 27 heavy (non-hydrogen) atoms. The van der Waals surface area contributed by atoms with Crippen LogP contribution in [-0.2, 0) is 4.74 Å². The molecule has 154 valence electrons. The topological polar surface area (TPSA) is 52.1 Å². The molecule has 1 aromatic carbocycles. The van der Waals surface area contributed by atoms with Gasteiger partial charge in [-0.15, -0.1) is 24.0 Å². The molecule has 1 heterocycles. The number of benzene rings is 1. The van der Waals surface area contributed by atoms with Gasteiger partial charge in [0.2, 0.25) is 0 Å². The summed E-state index contributed by atoms with van der Waals surface area (Å²) in [6.45, 7) is 8.10. The van der Waals surface area contributed by atoms with Crippen LogP contribution in [0.1, 0.15) is 24.9 Å². The highest BCUT2D eigenvalue weighted by molar-refractivity contribution is 14.0. The van der Waals surface area contributed by atoms with E-state index in [4.69, 9.17) is 4.74 Å². The molecule has 1 aliphatic rings. The quantitative estimate of drug-likeness (QED) is 0.254. The SMILES string of the molecule is CN=C(NCCCN1CCN(C)CC1c1ccccc1)NC(C)COC.I. The van der Waals surface area contributed by atoms with Crippen molar-refractivity contribution in [1.29, 1.82) is 0 Å². The fraction of sp³-hybridized carbons (Fsp3) is 0.650. The van der Waals surface area contributed by atoms with E-state index in [9.17, 15) is 0 Å². The maximum Gasteiger partial charge on any atom is 0.191 e. The zero-order valence-electron chi connectivity index (χ0n) is 17.1. The van der Waals surface area contributed by atoms with Gasteiger partial charge in [0.1, 0.15) is 0 Å². The first-order valence-corrected chi connectivity index (χ1v) is 9.57. The van der Waals surface area contributed by atoms with Crippen LogP contribution in [0.25, 0.3) is 0 Å². The van der Waals surface area contributed by atoms with E-state index in [2.05, 4.69) is 69.7 Å². The second kappa shape index (κ2) is 13.3. The molecule has 2 N–H and O–H groups in total. The molecule has 1 saturated heterocycles. The lowest BCUT2D eigenvalue weighted by molar-refractivity contribution is 0.0891. The third kappa shape index (κ3) is 8.33. The van der Waals surface area contributed by atoms with E-state index in [-0.39, 0.29) is 30.0 Å². The Hall–Kier alpha value is -0.900. The van der Waals surface area contributed by atoms with Crippen molar-refractivity contribution in [3.05, 3.63) is 35.9 Å². The van der Waals surface area contributed by atoms with Crippen LogP contribution in [0.2, 0.25) is 0 Å². The third-order valence-electron chi connectivity index (χ3n) is 4.82. The largest absolute Gasteiger partial charge is 0.383 e. The summed E-state index contributed by atoms with van der Waals surface area (Å²) in [5, 5.41) is 6.75. The molecule has 2 unspecified atom stereocenters. The molecule has 0 aromatic heterocycles. The van der Waals surface area contributed by atoms with Gasteiger partial charge in [-0.2, -0.15) is 0 Å². The van der Waals surface area contributed by atoms with Crippen molar-refractivity contribution in [2.24, 2.45) is 4.99 Å². The van der Waals surface area contributed by atoms with E-state index < -0.39 is 0 Å². The van der Waals surface area contributed by atoms with Gasteiger partial charge in [0.15, 0.2) is 5.96 Å². The van der Waals surface area contributed by atoms with Crippen LogP contribution in [0.4, 0.5) is 0 Å². The van der Waals surface area contributed by atoms with Gasteiger partial charge in [-0.05, 0) is 26.0 Å². The number of hydrogen-bond acceptors (Lipinski definition) is 4. The highest BCUT2D eigenvalue weighted by atomic mass is 127. The van der Waals surface area contributed by atoms with Gasteiger partial charge >= 0.3 is 0 Å². The standard InChI is InChI=1S/C20H35N5O.HI/c1-17(16-26-4)23-20(21-2)22-11-8-12-25-14-13-24(3)15-19(25)18-9-6-5-7-10-18;/h5-7,9-10,17,19H,8,11-16H2,1-4H3,(H2,21,22,23);1H. The number of nitrogens with zero attached hydrogens (tertiary/aromatic N) is 3. The zero-order chi connectivity index (χ0) is 18.8. The number of hydrogen-bond donors (Lipinski definition) is 2. The predicted octanol–water partition coefficient (Wildman–Crippen LogP) is 2.18. The minimum absolute atomic E-state index is 0. The monoisotopic (exact) mass is 489 g/mol. The normalized spacial score (nSPS) is 20.0. The van der Waals surface area contributed by atoms with Crippen LogP contribution >= 0.6 is 24.0 Å². The van der Waals surface area contributed by atoms with Gasteiger partial charge in [0.05, 0.1) is 6.61 Å². The number of guanidine groups is 1. The van der Waals surface area contributed by atoms with Crippen molar-refractivity contribution in [3.8, 4) is 0 Å². The second-order valence-corrected chi connectivity index (χ2v) is 7.08. The summed E-state index contributed by atoms with van der Waals surface area (Å²) in [5.74, 6) is 0.840. The Morgan fingerprint density at radius 3 is 2.70 bits per heavy atom. The van der Waals surface area contributed by atoms with Crippen molar-refractivity contribution in [2.75, 3.05) is 60.5 Å². The van der Waals surface area contributed by atoms with Crippen LogP contribution < -0.4 is 10.6 Å². The Morgan fingerprint density at radius 2 is 2.04 bits per heavy atom. The van der Waals surface area contributed by atoms with Gasteiger partial charge in [-0.1, -0.05) is 30.3 Å². The summed E-state index contributed by atoms with van der Waals surface area (Å²) in [5.41, 5.74) is 1.41. The van der Waals surface area contributed by atoms with Crippen molar-refractivity contribution in [3.63, 3.8) is 0 Å². The third-order valence-corrected chi connectivity index (χ3v) is 4.82. The Balaban J connectivity index is 0.00000364. The summed E-state index contributed by atoms with van der Waals surface area (Å²) >= 11 is 0. The van der Waals surface area contributed by atoms with Crippen molar-refractivity contribution < 1.29 is 4.74 Å². The molecule has 7 heteroatoms. The first kappa shape index (κ1) is 24.1. The number of rotatable bonds is 8. The van der Waals surface area contributed by atoms with E-state index >= 15 is 0 Å². The van der Waals surface area contributed by atoms with Crippen molar-refractivity contribution in [2.45, 2.75) is 25.4 Å². The Morgan fingerprint density at radius 1 is 1.30 bits per heavy atom. The zero-order valence-corrected chi connectivity index (χ0v) is 19.5. The molecule has 2 atom stereocenters. The lowest BCUT2D eigenvalue weighted by Gasteiger charge is -2.40. The summed E-state index contributed by atoms with van der Waals surface area (Å²) < 4.78 is 5.16. The molecule has 0 aliphatic carbocycles. The molecule has 0 amide bonds. The van der Waals surface area contributed by atoms with Crippen LogP contribution in [-0.4, -0.2) is 82.3 Å². The van der Waals surface area contributed by atoms with Crippen LogP contribution in [0.15, 0.2) is 35.3 Å². The molecule has 2 rings (SSSR count). The lowest BCUT2D eigenvalue weighted by Crippen LogP contribution is -2.48. The van der Waals surface area contributed by atoms with E-state index in [0.717, 1.165) is 45.1 Å². The predicted molar refractivity (Wildman–Crippen MR) is 124 cm³/mol. The number of halogens is 1. The maximum absolute atomic E-state index is 5.16. The van der Waals surface area contributed by atoms with Gasteiger partial charge in [0, 0.05) is 59.0 Å². The van der Waals surface area contributed by atoms with Crippen molar-refractivity contribution >= 4 is 29.9 Å². The van der Waals surface area contributed by atoms with Gasteiger partial charge in [-0.3, -0.25) is 9.89 Å². The number of aliphatic imine (C=N–C) groups is 1. The van der Waals surface area contributed by atoms with Gasteiger partial charge < -0.3 is 20.3 Å².